The molecule has 0 aliphatic carbocycles. The Balaban J connectivity index is 0.000000172. The van der Waals surface area contributed by atoms with E-state index in [1.807, 2.05) is 48.7 Å². The fourth-order valence-electron chi connectivity index (χ4n) is 5.25. The zero-order valence-corrected chi connectivity index (χ0v) is 29.9. The number of benzene rings is 2. The number of halogens is 2. The van der Waals surface area contributed by atoms with Crippen LogP contribution in [0.1, 0.15) is 49.8 Å². The summed E-state index contributed by atoms with van der Waals surface area (Å²) in [6.45, 7) is 3.44. The molecule has 2 aromatic carbocycles. The number of hydrogen-bond acceptors (Lipinski definition) is 9. The number of carbonyl (C=O) groups excluding carboxylic acids is 1. The van der Waals surface area contributed by atoms with Crippen LogP contribution >= 0.6 is 45.9 Å². The first-order valence-electron chi connectivity index (χ1n) is 15.7. The van der Waals surface area contributed by atoms with Crippen LogP contribution in [0.3, 0.4) is 0 Å². The second-order valence-electron chi connectivity index (χ2n) is 11.4. The third kappa shape index (κ3) is 8.63. The molecule has 6 heterocycles. The molecule has 0 saturated carbocycles. The van der Waals surface area contributed by atoms with Gasteiger partial charge in [-0.15, -0.1) is 11.3 Å². The third-order valence-corrected chi connectivity index (χ3v) is 10.5. The number of nitrogens with one attached hydrogen (secondary N) is 4. The molecule has 6 aromatic heterocycles. The van der Waals surface area contributed by atoms with E-state index in [0.717, 1.165) is 45.0 Å². The lowest BCUT2D eigenvalue weighted by atomic mass is 10.1. The summed E-state index contributed by atoms with van der Waals surface area (Å²) in [6.07, 6.45) is 9.52. The standard InChI is InChI=1S/C19H17ClN4S.C18H13ClN4OS.CH4/c1-12-4-6-13(7-5-12)10-23-19-24-17(20)16(25-19)9-14-11-22-18-15(14)3-2-8-21-18;19-12-5-3-11(4-6-12)8-22-18-23-10-15(25-18)16(24)14-9-21-17-13(14)2-1-7-20-17;/h2-8,11H,9-10H2,1H3,(H,21,22)(H,23,24);1-7,9-10H,8H2,(H,20,21)(H,22,23);1H4. The summed E-state index contributed by atoms with van der Waals surface area (Å²) in [5.74, 6) is -0.0590. The van der Waals surface area contributed by atoms with Crippen LogP contribution in [-0.4, -0.2) is 35.7 Å². The molecule has 8 rings (SSSR count). The van der Waals surface area contributed by atoms with Crippen LogP contribution in [-0.2, 0) is 19.5 Å². The van der Waals surface area contributed by atoms with E-state index >= 15 is 0 Å². The number of ketones is 1. The van der Waals surface area contributed by atoms with Gasteiger partial charge in [-0.2, -0.15) is 0 Å². The maximum absolute atomic E-state index is 12.7. The molecule has 0 radical (unpaired) electrons. The van der Waals surface area contributed by atoms with E-state index in [0.29, 0.717) is 37.9 Å². The van der Waals surface area contributed by atoms with Gasteiger partial charge in [0, 0.05) is 60.1 Å². The van der Waals surface area contributed by atoms with Gasteiger partial charge in [0.1, 0.15) is 16.4 Å². The minimum atomic E-state index is -0.0590. The van der Waals surface area contributed by atoms with Crippen molar-refractivity contribution in [2.24, 2.45) is 0 Å². The Hall–Kier alpha value is -5.07. The molecule has 0 spiro atoms. The first-order chi connectivity index (χ1) is 24.4. The molecule has 0 bridgehead atoms. The zero-order chi connectivity index (χ0) is 34.5. The summed E-state index contributed by atoms with van der Waals surface area (Å²) in [7, 11) is 0. The van der Waals surface area contributed by atoms with Crippen molar-refractivity contribution in [3.8, 4) is 0 Å². The number of rotatable bonds is 10. The molecule has 0 amide bonds. The maximum Gasteiger partial charge on any atom is 0.206 e. The van der Waals surface area contributed by atoms with Crippen LogP contribution < -0.4 is 10.6 Å². The monoisotopic (exact) mass is 752 g/mol. The Bertz CT molecular complexity index is 2380. The molecule has 0 aliphatic rings. The lowest BCUT2D eigenvalue weighted by molar-refractivity contribution is 0.104. The van der Waals surface area contributed by atoms with Crippen molar-refractivity contribution in [2.75, 3.05) is 10.6 Å². The second kappa shape index (κ2) is 16.3. The van der Waals surface area contributed by atoms with E-state index in [2.05, 4.69) is 77.8 Å². The molecule has 51 heavy (non-hydrogen) atoms. The van der Waals surface area contributed by atoms with Gasteiger partial charge in [-0.25, -0.2) is 19.9 Å². The summed E-state index contributed by atoms with van der Waals surface area (Å²) in [4.78, 5) is 37.9. The van der Waals surface area contributed by atoms with Gasteiger partial charge in [0.2, 0.25) is 5.78 Å². The van der Waals surface area contributed by atoms with E-state index in [4.69, 9.17) is 23.2 Å². The molecule has 0 atom stereocenters. The Morgan fingerprint density at radius 3 is 2.12 bits per heavy atom. The molecular formula is C38H34Cl2N8OS2. The average molecular weight is 754 g/mol. The Labute approximate surface area is 313 Å². The number of anilines is 2. The van der Waals surface area contributed by atoms with Crippen LogP contribution in [0.5, 0.6) is 0 Å². The highest BCUT2D eigenvalue weighted by Gasteiger charge is 2.17. The number of fused-ring (bicyclic) bond motifs is 2. The van der Waals surface area contributed by atoms with Crippen molar-refractivity contribution in [3.05, 3.63) is 152 Å². The topological polar surface area (TPSA) is 124 Å². The molecule has 13 heteroatoms. The van der Waals surface area contributed by atoms with Crippen molar-refractivity contribution in [2.45, 2.75) is 33.9 Å². The maximum atomic E-state index is 12.7. The van der Waals surface area contributed by atoms with Crippen LogP contribution in [0.4, 0.5) is 10.3 Å². The molecular weight excluding hydrogens is 720 g/mol. The molecule has 8 aromatic rings. The third-order valence-electron chi connectivity index (χ3n) is 7.88. The van der Waals surface area contributed by atoms with E-state index in [1.165, 1.54) is 28.0 Å². The average Bonchev–Trinajstić information content (AvgIpc) is 3.95. The van der Waals surface area contributed by atoms with Gasteiger partial charge in [-0.05, 0) is 60.0 Å². The smallest absolute Gasteiger partial charge is 0.206 e. The van der Waals surface area contributed by atoms with Gasteiger partial charge in [-0.1, -0.05) is 83.9 Å². The van der Waals surface area contributed by atoms with Gasteiger partial charge >= 0.3 is 0 Å². The number of aromatic amines is 2. The van der Waals surface area contributed by atoms with Gasteiger partial charge < -0.3 is 20.6 Å². The number of H-pyrrole nitrogens is 2. The number of aromatic nitrogens is 6. The van der Waals surface area contributed by atoms with Crippen LogP contribution in [0.2, 0.25) is 10.2 Å². The lowest BCUT2D eigenvalue weighted by Gasteiger charge is -2.03. The highest BCUT2D eigenvalue weighted by molar-refractivity contribution is 7.17. The number of hydrogen-bond donors (Lipinski definition) is 4. The highest BCUT2D eigenvalue weighted by Crippen LogP contribution is 2.31. The Morgan fingerprint density at radius 1 is 0.765 bits per heavy atom. The number of aryl methyl sites for hydroxylation is 1. The number of thiazole rings is 2. The second-order valence-corrected chi connectivity index (χ2v) is 14.3. The quantitative estimate of drug-likeness (QED) is 0.103. The molecule has 258 valence electrons. The fraction of sp³-hybridized carbons (Fsp3) is 0.132. The Kier molecular flexibility index (Phi) is 11.4. The van der Waals surface area contributed by atoms with E-state index in [9.17, 15) is 4.79 Å². The number of pyridine rings is 2. The van der Waals surface area contributed by atoms with Crippen LogP contribution in [0.25, 0.3) is 22.1 Å². The van der Waals surface area contributed by atoms with Crippen molar-refractivity contribution < 1.29 is 4.79 Å². The number of nitrogens with zero attached hydrogens (tertiary/aromatic N) is 4. The van der Waals surface area contributed by atoms with Crippen molar-refractivity contribution in [3.63, 3.8) is 0 Å². The fourth-order valence-corrected chi connectivity index (χ4v) is 7.33. The first-order valence-corrected chi connectivity index (χ1v) is 18.0. The van der Waals surface area contributed by atoms with Gasteiger partial charge in [0.25, 0.3) is 0 Å². The minimum absolute atomic E-state index is 0. The largest absolute Gasteiger partial charge is 0.357 e. The van der Waals surface area contributed by atoms with Gasteiger partial charge in [0.05, 0.1) is 21.5 Å². The molecule has 0 aliphatic heterocycles. The van der Waals surface area contributed by atoms with Gasteiger partial charge in [0.15, 0.2) is 10.3 Å². The predicted molar refractivity (Wildman–Crippen MR) is 212 cm³/mol. The minimum Gasteiger partial charge on any atom is -0.357 e. The molecule has 0 fully saturated rings. The summed E-state index contributed by atoms with van der Waals surface area (Å²) in [6, 6.07) is 23.8. The van der Waals surface area contributed by atoms with E-state index in [-0.39, 0.29) is 13.2 Å². The van der Waals surface area contributed by atoms with Crippen molar-refractivity contribution in [1.29, 1.82) is 0 Å². The summed E-state index contributed by atoms with van der Waals surface area (Å²) in [5, 5.41) is 11.4. The van der Waals surface area contributed by atoms with Gasteiger partial charge in [-0.3, -0.25) is 4.79 Å². The van der Waals surface area contributed by atoms with Crippen molar-refractivity contribution >= 4 is 84.0 Å². The number of carbonyl (C=O) groups is 1. The Morgan fingerprint density at radius 2 is 1.39 bits per heavy atom. The normalized spacial score (nSPS) is 10.8. The van der Waals surface area contributed by atoms with E-state index in [1.54, 1.807) is 36.1 Å². The molecule has 4 N–H and O–H groups in total. The molecule has 9 nitrogen and oxygen atoms in total. The summed E-state index contributed by atoms with van der Waals surface area (Å²) < 4.78 is 0. The predicted octanol–water partition coefficient (Wildman–Crippen LogP) is 10.3. The lowest BCUT2D eigenvalue weighted by Crippen LogP contribution is -1.98. The van der Waals surface area contributed by atoms with Crippen molar-refractivity contribution in [1.82, 2.24) is 29.9 Å². The van der Waals surface area contributed by atoms with Crippen LogP contribution in [0.15, 0.2) is 104 Å². The summed E-state index contributed by atoms with van der Waals surface area (Å²) in [5.41, 5.74) is 6.97. The molecule has 0 unspecified atom stereocenters. The first kappa shape index (κ1) is 35.7. The van der Waals surface area contributed by atoms with E-state index < -0.39 is 0 Å². The SMILES string of the molecule is C.Cc1ccc(CNc2nc(Cl)c(Cc3c[nH]c4ncccc34)s2)cc1.O=C(c1cnc(NCc2ccc(Cl)cc2)s1)c1c[nH]c2ncccc12. The molecule has 0 saturated heterocycles. The highest BCUT2D eigenvalue weighted by atomic mass is 35.5. The van der Waals surface area contributed by atoms with Crippen LogP contribution in [0, 0.1) is 6.92 Å². The zero-order valence-electron chi connectivity index (χ0n) is 26.7. The summed E-state index contributed by atoms with van der Waals surface area (Å²) >= 11 is 15.2.